The molecule has 1 amide bonds. The van der Waals surface area contributed by atoms with Crippen molar-refractivity contribution in [1.29, 1.82) is 0 Å². The van der Waals surface area contributed by atoms with Crippen molar-refractivity contribution in [2.45, 2.75) is 33.1 Å². The topological polar surface area (TPSA) is 59.9 Å². The van der Waals surface area contributed by atoms with Crippen molar-refractivity contribution in [2.24, 2.45) is 5.10 Å². The van der Waals surface area contributed by atoms with Gasteiger partial charge in [-0.2, -0.15) is 5.10 Å². The van der Waals surface area contributed by atoms with E-state index in [1.54, 1.807) is 13.1 Å². The van der Waals surface area contributed by atoms with Crippen LogP contribution in [-0.4, -0.2) is 25.5 Å². The third kappa shape index (κ3) is 6.78. The number of unbranched alkanes of at least 4 members (excludes halogenated alkanes) is 2. The number of carbonyl (C=O) groups is 1. The van der Waals surface area contributed by atoms with Gasteiger partial charge in [-0.25, -0.2) is 10.2 Å². The molecule has 5 heteroatoms. The molecule has 0 aliphatic heterocycles. The molecule has 1 rings (SSSR count). The lowest BCUT2D eigenvalue weighted by molar-refractivity contribution is 0.152. The molecule has 0 saturated heterocycles. The second kappa shape index (κ2) is 9.83. The van der Waals surface area contributed by atoms with Gasteiger partial charge in [-0.15, -0.1) is 0 Å². The van der Waals surface area contributed by atoms with Crippen molar-refractivity contribution in [1.82, 2.24) is 5.43 Å². The van der Waals surface area contributed by atoms with Gasteiger partial charge in [0.05, 0.1) is 19.4 Å². The molecule has 0 aliphatic carbocycles. The Morgan fingerprint density at radius 1 is 1.25 bits per heavy atom. The lowest BCUT2D eigenvalue weighted by atomic mass is 10.2. The summed E-state index contributed by atoms with van der Waals surface area (Å²) in [7, 11) is 0. The first-order chi connectivity index (χ1) is 9.76. The zero-order valence-corrected chi connectivity index (χ0v) is 12.1. The van der Waals surface area contributed by atoms with Crippen LogP contribution < -0.4 is 10.2 Å². The molecule has 0 atom stereocenters. The van der Waals surface area contributed by atoms with Gasteiger partial charge in [0.1, 0.15) is 5.75 Å². The van der Waals surface area contributed by atoms with Crippen molar-refractivity contribution in [3.63, 3.8) is 0 Å². The Kier molecular flexibility index (Phi) is 7.87. The predicted molar refractivity (Wildman–Crippen MR) is 79.2 cm³/mol. The number of hydrazone groups is 1. The van der Waals surface area contributed by atoms with Gasteiger partial charge < -0.3 is 9.47 Å². The van der Waals surface area contributed by atoms with E-state index in [1.807, 2.05) is 24.3 Å². The Bertz CT molecular complexity index is 416. The number of nitrogens with one attached hydrogen (secondary N) is 1. The maximum atomic E-state index is 11.0. The minimum atomic E-state index is -0.556. The normalized spacial score (nSPS) is 10.5. The van der Waals surface area contributed by atoms with E-state index in [1.165, 1.54) is 12.8 Å². The summed E-state index contributed by atoms with van der Waals surface area (Å²) in [5.74, 6) is 0.844. The summed E-state index contributed by atoms with van der Waals surface area (Å²) in [5.41, 5.74) is 3.15. The number of benzene rings is 1. The van der Waals surface area contributed by atoms with Crippen LogP contribution in [0.2, 0.25) is 0 Å². The largest absolute Gasteiger partial charge is 0.494 e. The quantitative estimate of drug-likeness (QED) is 0.451. The number of rotatable bonds is 8. The zero-order chi connectivity index (χ0) is 14.6. The molecule has 0 radical (unpaired) electrons. The summed E-state index contributed by atoms with van der Waals surface area (Å²) in [4.78, 5) is 11.0. The van der Waals surface area contributed by atoms with E-state index in [2.05, 4.69) is 22.2 Å². The van der Waals surface area contributed by atoms with Crippen LogP contribution in [0.15, 0.2) is 29.4 Å². The van der Waals surface area contributed by atoms with Gasteiger partial charge in [0, 0.05) is 0 Å². The first-order valence-electron chi connectivity index (χ1n) is 6.95. The summed E-state index contributed by atoms with van der Waals surface area (Å²) in [6, 6.07) is 7.53. The first-order valence-corrected chi connectivity index (χ1v) is 6.95. The van der Waals surface area contributed by atoms with Crippen molar-refractivity contribution in [2.75, 3.05) is 13.2 Å². The van der Waals surface area contributed by atoms with Crippen LogP contribution in [0.5, 0.6) is 5.75 Å². The molecule has 20 heavy (non-hydrogen) atoms. The summed E-state index contributed by atoms with van der Waals surface area (Å²) in [6.45, 7) is 4.97. The minimum absolute atomic E-state index is 0.325. The van der Waals surface area contributed by atoms with Gasteiger partial charge in [0.15, 0.2) is 0 Å². The fourth-order valence-corrected chi connectivity index (χ4v) is 1.52. The van der Waals surface area contributed by atoms with E-state index in [0.717, 1.165) is 24.3 Å². The van der Waals surface area contributed by atoms with Crippen molar-refractivity contribution >= 4 is 12.3 Å². The molecule has 5 nitrogen and oxygen atoms in total. The molecule has 0 heterocycles. The first kappa shape index (κ1) is 16.0. The van der Waals surface area contributed by atoms with E-state index in [9.17, 15) is 4.79 Å². The van der Waals surface area contributed by atoms with Crippen LogP contribution in [-0.2, 0) is 4.74 Å². The van der Waals surface area contributed by atoms with Gasteiger partial charge in [-0.1, -0.05) is 19.8 Å². The Morgan fingerprint density at radius 3 is 2.65 bits per heavy atom. The lowest BCUT2D eigenvalue weighted by Gasteiger charge is -2.05. The highest BCUT2D eigenvalue weighted by atomic mass is 16.5. The SMILES string of the molecule is CCCCCOc1ccc(/C=N/NC(=O)OCC)cc1. The van der Waals surface area contributed by atoms with E-state index < -0.39 is 6.09 Å². The monoisotopic (exact) mass is 278 g/mol. The fourth-order valence-electron chi connectivity index (χ4n) is 1.52. The second-order valence-electron chi connectivity index (χ2n) is 4.22. The average molecular weight is 278 g/mol. The molecule has 110 valence electrons. The Balaban J connectivity index is 2.34. The summed E-state index contributed by atoms with van der Waals surface area (Å²) >= 11 is 0. The van der Waals surface area contributed by atoms with Crippen LogP contribution in [0.4, 0.5) is 4.79 Å². The molecule has 0 aromatic heterocycles. The Morgan fingerprint density at radius 2 is 2.00 bits per heavy atom. The van der Waals surface area contributed by atoms with Gasteiger partial charge in [0.2, 0.25) is 0 Å². The third-order valence-corrected chi connectivity index (χ3v) is 2.54. The van der Waals surface area contributed by atoms with E-state index >= 15 is 0 Å². The molecule has 0 unspecified atom stereocenters. The number of nitrogens with zero attached hydrogens (tertiary/aromatic N) is 1. The van der Waals surface area contributed by atoms with Crippen LogP contribution in [0, 0.1) is 0 Å². The average Bonchev–Trinajstić information content (AvgIpc) is 2.45. The van der Waals surface area contributed by atoms with Crippen molar-refractivity contribution < 1.29 is 14.3 Å². The van der Waals surface area contributed by atoms with Crippen molar-refractivity contribution in [3.8, 4) is 5.75 Å². The standard InChI is InChI=1S/C15H22N2O3/c1-3-5-6-11-20-14-9-7-13(8-10-14)12-16-17-15(18)19-4-2/h7-10,12H,3-6,11H2,1-2H3,(H,17,18)/b16-12+. The Hall–Kier alpha value is -2.04. The second-order valence-corrected chi connectivity index (χ2v) is 4.22. The molecule has 1 N–H and O–H groups in total. The van der Waals surface area contributed by atoms with Crippen LogP contribution >= 0.6 is 0 Å². The molecule has 1 aromatic rings. The Labute approximate surface area is 120 Å². The minimum Gasteiger partial charge on any atom is -0.494 e. The molecule has 0 saturated carbocycles. The smallest absolute Gasteiger partial charge is 0.427 e. The number of carbonyl (C=O) groups excluding carboxylic acids is 1. The molecule has 0 aliphatic rings. The van der Waals surface area contributed by atoms with Crippen LogP contribution in [0.1, 0.15) is 38.7 Å². The molecule has 0 fully saturated rings. The zero-order valence-electron chi connectivity index (χ0n) is 12.1. The van der Waals surface area contributed by atoms with E-state index in [4.69, 9.17) is 4.74 Å². The molecular formula is C15H22N2O3. The summed E-state index contributed by atoms with van der Waals surface area (Å²) in [5, 5.41) is 3.79. The highest BCUT2D eigenvalue weighted by Gasteiger charge is 1.96. The molecule has 0 bridgehead atoms. The third-order valence-electron chi connectivity index (χ3n) is 2.54. The van der Waals surface area contributed by atoms with Gasteiger partial charge in [-0.3, -0.25) is 0 Å². The van der Waals surface area contributed by atoms with Crippen LogP contribution in [0.25, 0.3) is 0 Å². The molecule has 0 spiro atoms. The van der Waals surface area contributed by atoms with E-state index in [0.29, 0.717) is 6.61 Å². The number of amides is 1. The lowest BCUT2D eigenvalue weighted by Crippen LogP contribution is -2.18. The van der Waals surface area contributed by atoms with Gasteiger partial charge in [0.25, 0.3) is 0 Å². The molecular weight excluding hydrogens is 256 g/mol. The summed E-state index contributed by atoms with van der Waals surface area (Å²) < 4.78 is 10.3. The predicted octanol–water partition coefficient (Wildman–Crippen LogP) is 3.34. The molecule has 1 aromatic carbocycles. The van der Waals surface area contributed by atoms with Crippen LogP contribution in [0.3, 0.4) is 0 Å². The highest BCUT2D eigenvalue weighted by Crippen LogP contribution is 2.11. The highest BCUT2D eigenvalue weighted by molar-refractivity contribution is 5.80. The maximum Gasteiger partial charge on any atom is 0.427 e. The maximum absolute atomic E-state index is 11.0. The van der Waals surface area contributed by atoms with Gasteiger partial charge >= 0.3 is 6.09 Å². The summed E-state index contributed by atoms with van der Waals surface area (Å²) in [6.07, 6.45) is 4.44. The van der Waals surface area contributed by atoms with E-state index in [-0.39, 0.29) is 0 Å². The van der Waals surface area contributed by atoms with Crippen molar-refractivity contribution in [3.05, 3.63) is 29.8 Å². The number of hydrogen-bond donors (Lipinski definition) is 1. The fraction of sp³-hybridized carbons (Fsp3) is 0.467. The number of hydrogen-bond acceptors (Lipinski definition) is 4. The van der Waals surface area contributed by atoms with Gasteiger partial charge in [-0.05, 0) is 43.2 Å². The number of ether oxygens (including phenoxy) is 2.